The molecule has 0 radical (unpaired) electrons. The van der Waals surface area contributed by atoms with E-state index in [-0.39, 0.29) is 5.91 Å². The summed E-state index contributed by atoms with van der Waals surface area (Å²) in [5.74, 6) is 1.94. The van der Waals surface area contributed by atoms with Crippen LogP contribution in [0.5, 0.6) is 0 Å². The average molecular weight is 347 g/mol. The van der Waals surface area contributed by atoms with Crippen LogP contribution in [0.4, 0.5) is 0 Å². The molecule has 1 aromatic heterocycles. The first-order chi connectivity index (χ1) is 12.1. The lowest BCUT2D eigenvalue weighted by Crippen LogP contribution is -2.40. The van der Waals surface area contributed by atoms with Gasteiger partial charge in [-0.15, -0.1) is 0 Å². The van der Waals surface area contributed by atoms with Gasteiger partial charge < -0.3 is 14.8 Å². The van der Waals surface area contributed by atoms with Gasteiger partial charge in [0, 0.05) is 49.9 Å². The molecule has 1 saturated carbocycles. The number of hydrogen-bond donors (Lipinski definition) is 1. The molecule has 3 rings (SSSR count). The summed E-state index contributed by atoms with van der Waals surface area (Å²) in [6.45, 7) is 7.43. The lowest BCUT2D eigenvalue weighted by molar-refractivity contribution is -0.122. The first kappa shape index (κ1) is 18.4. The normalized spacial score (nSPS) is 23.1. The van der Waals surface area contributed by atoms with Crippen LogP contribution in [0.15, 0.2) is 12.4 Å². The standard InChI is InChI=1S/C20H34N4O/c1-16(2)24-14-11-21-20(24)17-7-6-12-23(15-17)13-10-19(25)22-18-8-4-3-5-9-18/h11,14,16-18H,3-10,12-13,15H2,1-2H3,(H,22,25)/t17-/m0/s1. The summed E-state index contributed by atoms with van der Waals surface area (Å²) in [6, 6.07) is 0.878. The fraction of sp³-hybridized carbons (Fsp3) is 0.800. The van der Waals surface area contributed by atoms with Gasteiger partial charge in [-0.05, 0) is 46.1 Å². The van der Waals surface area contributed by atoms with Gasteiger partial charge in [-0.25, -0.2) is 4.98 Å². The zero-order valence-corrected chi connectivity index (χ0v) is 15.9. The van der Waals surface area contributed by atoms with E-state index in [0.717, 1.165) is 32.5 Å². The molecule has 0 bridgehead atoms. The summed E-state index contributed by atoms with van der Waals surface area (Å²) >= 11 is 0. The second-order valence-electron chi connectivity index (χ2n) is 8.08. The maximum Gasteiger partial charge on any atom is 0.221 e. The van der Waals surface area contributed by atoms with Crippen LogP contribution in [0.25, 0.3) is 0 Å². The number of nitrogens with one attached hydrogen (secondary N) is 1. The first-order valence-electron chi connectivity index (χ1n) is 10.2. The minimum Gasteiger partial charge on any atom is -0.353 e. The zero-order chi connectivity index (χ0) is 17.6. The number of aromatic nitrogens is 2. The predicted molar refractivity (Wildman–Crippen MR) is 101 cm³/mol. The number of imidazole rings is 1. The lowest BCUT2D eigenvalue weighted by Gasteiger charge is -2.33. The van der Waals surface area contributed by atoms with Crippen LogP contribution in [-0.2, 0) is 4.79 Å². The van der Waals surface area contributed by atoms with Crippen molar-refractivity contribution in [3.63, 3.8) is 0 Å². The third kappa shape index (κ3) is 5.06. The maximum atomic E-state index is 12.3. The Labute approximate surface area is 152 Å². The fourth-order valence-electron chi connectivity index (χ4n) is 4.35. The van der Waals surface area contributed by atoms with Gasteiger partial charge in [-0.3, -0.25) is 4.79 Å². The van der Waals surface area contributed by atoms with Crippen molar-refractivity contribution in [1.29, 1.82) is 0 Å². The Bertz CT molecular complexity index is 548. The Morgan fingerprint density at radius 1 is 1.24 bits per heavy atom. The molecule has 0 aromatic carbocycles. The largest absolute Gasteiger partial charge is 0.353 e. The summed E-state index contributed by atoms with van der Waals surface area (Å²) in [7, 11) is 0. The van der Waals surface area contributed by atoms with Gasteiger partial charge in [0.2, 0.25) is 5.91 Å². The molecule has 2 fully saturated rings. The van der Waals surface area contributed by atoms with E-state index in [4.69, 9.17) is 0 Å². The highest BCUT2D eigenvalue weighted by Crippen LogP contribution is 2.27. The van der Waals surface area contributed by atoms with Crippen LogP contribution in [-0.4, -0.2) is 46.0 Å². The molecule has 1 N–H and O–H groups in total. The molecular weight excluding hydrogens is 312 g/mol. The average Bonchev–Trinajstić information content (AvgIpc) is 3.11. The molecule has 1 saturated heterocycles. The number of likely N-dealkylation sites (tertiary alicyclic amines) is 1. The highest BCUT2D eigenvalue weighted by atomic mass is 16.1. The summed E-state index contributed by atoms with van der Waals surface area (Å²) in [4.78, 5) is 19.3. The number of nitrogens with zero attached hydrogens (tertiary/aromatic N) is 3. The lowest BCUT2D eigenvalue weighted by atomic mass is 9.95. The molecule has 5 nitrogen and oxygen atoms in total. The van der Waals surface area contributed by atoms with E-state index in [0.29, 0.717) is 24.4 Å². The number of carbonyl (C=O) groups excluding carboxylic acids is 1. The Morgan fingerprint density at radius 2 is 2.04 bits per heavy atom. The second-order valence-corrected chi connectivity index (χ2v) is 8.08. The van der Waals surface area contributed by atoms with Gasteiger partial charge in [-0.2, -0.15) is 0 Å². The molecule has 25 heavy (non-hydrogen) atoms. The minimum atomic E-state index is 0.234. The molecule has 140 valence electrons. The molecule has 2 aliphatic rings. The van der Waals surface area contributed by atoms with Crippen molar-refractivity contribution < 1.29 is 4.79 Å². The van der Waals surface area contributed by atoms with Crippen LogP contribution in [0, 0.1) is 0 Å². The van der Waals surface area contributed by atoms with E-state index in [1.807, 2.05) is 6.20 Å². The zero-order valence-electron chi connectivity index (χ0n) is 15.9. The van der Waals surface area contributed by atoms with Gasteiger partial charge in [0.1, 0.15) is 5.82 Å². The predicted octanol–water partition coefficient (Wildman–Crippen LogP) is 3.48. The van der Waals surface area contributed by atoms with E-state index in [2.05, 4.69) is 39.8 Å². The van der Waals surface area contributed by atoms with E-state index in [1.54, 1.807) is 0 Å². The van der Waals surface area contributed by atoms with Crippen molar-refractivity contribution in [1.82, 2.24) is 19.8 Å². The van der Waals surface area contributed by atoms with Crippen LogP contribution in [0.2, 0.25) is 0 Å². The number of amides is 1. The summed E-state index contributed by atoms with van der Waals surface area (Å²) in [5.41, 5.74) is 0. The van der Waals surface area contributed by atoms with E-state index in [9.17, 15) is 4.79 Å². The van der Waals surface area contributed by atoms with Crippen LogP contribution in [0.3, 0.4) is 0 Å². The Kier molecular flexibility index (Phi) is 6.51. The van der Waals surface area contributed by atoms with Crippen molar-refractivity contribution in [2.24, 2.45) is 0 Å². The van der Waals surface area contributed by atoms with Gasteiger partial charge in [0.05, 0.1) is 0 Å². The first-order valence-corrected chi connectivity index (χ1v) is 10.2. The minimum absolute atomic E-state index is 0.234. The van der Waals surface area contributed by atoms with Gasteiger partial charge in [-0.1, -0.05) is 19.3 Å². The second kappa shape index (κ2) is 8.84. The number of hydrogen-bond acceptors (Lipinski definition) is 3. The Morgan fingerprint density at radius 3 is 2.80 bits per heavy atom. The highest BCUT2D eigenvalue weighted by molar-refractivity contribution is 5.76. The molecular formula is C20H34N4O. The molecule has 1 aromatic rings. The van der Waals surface area contributed by atoms with Crippen LogP contribution in [0.1, 0.15) is 83.0 Å². The SMILES string of the molecule is CC(C)n1ccnc1[C@H]1CCCN(CCC(=O)NC2CCCCC2)C1. The van der Waals surface area contributed by atoms with Gasteiger partial charge >= 0.3 is 0 Å². The summed E-state index contributed by atoms with van der Waals surface area (Å²) in [5, 5.41) is 3.24. The highest BCUT2D eigenvalue weighted by Gasteiger charge is 2.25. The van der Waals surface area contributed by atoms with Crippen LogP contribution >= 0.6 is 0 Å². The molecule has 1 amide bonds. The maximum absolute atomic E-state index is 12.3. The quantitative estimate of drug-likeness (QED) is 0.858. The molecule has 2 heterocycles. The van der Waals surface area contributed by atoms with Crippen molar-refractivity contribution in [2.45, 2.75) is 83.2 Å². The molecule has 1 aliphatic carbocycles. The van der Waals surface area contributed by atoms with E-state index in [1.165, 1.54) is 37.9 Å². The third-order valence-corrected chi connectivity index (χ3v) is 5.75. The number of piperidine rings is 1. The third-order valence-electron chi connectivity index (χ3n) is 5.75. The molecule has 0 spiro atoms. The fourth-order valence-corrected chi connectivity index (χ4v) is 4.35. The summed E-state index contributed by atoms with van der Waals surface area (Å²) < 4.78 is 2.30. The topological polar surface area (TPSA) is 50.2 Å². The molecule has 0 unspecified atom stereocenters. The van der Waals surface area contributed by atoms with Crippen molar-refractivity contribution in [3.05, 3.63) is 18.2 Å². The molecule has 1 aliphatic heterocycles. The smallest absolute Gasteiger partial charge is 0.221 e. The van der Waals surface area contributed by atoms with Gasteiger partial charge in [0.15, 0.2) is 0 Å². The molecule has 5 heteroatoms. The Hall–Kier alpha value is -1.36. The van der Waals surface area contributed by atoms with E-state index < -0.39 is 0 Å². The van der Waals surface area contributed by atoms with Crippen molar-refractivity contribution >= 4 is 5.91 Å². The summed E-state index contributed by atoms with van der Waals surface area (Å²) in [6.07, 6.45) is 13.2. The van der Waals surface area contributed by atoms with Gasteiger partial charge in [0.25, 0.3) is 0 Å². The number of rotatable bonds is 6. The Balaban J connectivity index is 1.46. The van der Waals surface area contributed by atoms with Crippen molar-refractivity contribution in [3.8, 4) is 0 Å². The van der Waals surface area contributed by atoms with Crippen LogP contribution < -0.4 is 5.32 Å². The monoisotopic (exact) mass is 346 g/mol. The van der Waals surface area contributed by atoms with Crippen molar-refractivity contribution in [2.75, 3.05) is 19.6 Å². The molecule has 1 atom stereocenters. The number of carbonyl (C=O) groups is 1. The van der Waals surface area contributed by atoms with E-state index >= 15 is 0 Å².